The van der Waals surface area contributed by atoms with Crippen molar-refractivity contribution in [2.75, 3.05) is 0 Å². The summed E-state index contributed by atoms with van der Waals surface area (Å²) in [4.78, 5) is 27.9. The van der Waals surface area contributed by atoms with Crippen LogP contribution in [0.25, 0.3) is 22.4 Å². The van der Waals surface area contributed by atoms with E-state index in [4.69, 9.17) is 4.42 Å². The Hall–Kier alpha value is -2.96. The molecule has 23 heavy (non-hydrogen) atoms. The molecule has 0 atom stereocenters. The molecule has 0 fully saturated rings. The molecule has 1 N–H and O–H groups in total. The number of aromatic nitrogens is 3. The smallest absolute Gasteiger partial charge is 0.388 e. The lowest BCUT2D eigenvalue weighted by Crippen LogP contribution is -2.35. The van der Waals surface area contributed by atoms with Crippen LogP contribution in [-0.2, 0) is 11.3 Å². The van der Waals surface area contributed by atoms with Crippen molar-refractivity contribution in [2.24, 2.45) is 0 Å². The second-order valence-corrected chi connectivity index (χ2v) is 5.43. The van der Waals surface area contributed by atoms with Gasteiger partial charge in [-0.3, -0.25) is 9.78 Å². The minimum atomic E-state index is -0.667. The van der Waals surface area contributed by atoms with Crippen LogP contribution in [0.2, 0.25) is 0 Å². The maximum Gasteiger partial charge on any atom is 0.437 e. The lowest BCUT2D eigenvalue weighted by atomic mass is 10.1. The zero-order chi connectivity index (χ0) is 16.4. The van der Waals surface area contributed by atoms with Gasteiger partial charge in [-0.15, -0.1) is 5.10 Å². The van der Waals surface area contributed by atoms with E-state index < -0.39 is 5.76 Å². The Kier molecular flexibility index (Phi) is 3.92. The van der Waals surface area contributed by atoms with E-state index >= 15 is 0 Å². The highest BCUT2D eigenvalue weighted by Gasteiger charge is 2.15. The second-order valence-electron chi connectivity index (χ2n) is 5.43. The van der Waals surface area contributed by atoms with Crippen LogP contribution in [0.3, 0.4) is 0 Å². The van der Waals surface area contributed by atoms with Crippen LogP contribution in [0.15, 0.2) is 45.7 Å². The summed E-state index contributed by atoms with van der Waals surface area (Å²) in [7, 11) is 0. The van der Waals surface area contributed by atoms with Gasteiger partial charge in [-0.25, -0.2) is 4.79 Å². The van der Waals surface area contributed by atoms with Crippen molar-refractivity contribution in [2.45, 2.75) is 26.4 Å². The summed E-state index contributed by atoms with van der Waals surface area (Å²) < 4.78 is 6.22. The van der Waals surface area contributed by atoms with E-state index in [2.05, 4.69) is 15.4 Å². The predicted octanol–water partition coefficient (Wildman–Crippen LogP) is 1.58. The molecule has 0 aliphatic heterocycles. The quantitative estimate of drug-likeness (QED) is 0.790. The molecule has 0 unspecified atom stereocenters. The summed E-state index contributed by atoms with van der Waals surface area (Å²) in [6.45, 7) is 3.51. The molecule has 2 aromatic heterocycles. The summed E-state index contributed by atoms with van der Waals surface area (Å²) in [6.07, 6.45) is 1.69. The minimum Gasteiger partial charge on any atom is -0.388 e. The van der Waals surface area contributed by atoms with Crippen LogP contribution in [0, 0.1) is 0 Å². The van der Waals surface area contributed by atoms with E-state index in [9.17, 15) is 9.59 Å². The third kappa shape index (κ3) is 3.13. The SMILES string of the molecule is CC(C)NC(=O)Cn1nc(-c2cccc3ncccc23)oc1=O. The number of nitrogens with one attached hydrogen (secondary N) is 1. The highest BCUT2D eigenvalue weighted by atomic mass is 16.4. The Morgan fingerprint density at radius 3 is 2.91 bits per heavy atom. The van der Waals surface area contributed by atoms with E-state index in [1.807, 2.05) is 32.0 Å². The molecule has 118 valence electrons. The van der Waals surface area contributed by atoms with Gasteiger partial charge < -0.3 is 9.73 Å². The van der Waals surface area contributed by atoms with Gasteiger partial charge in [0.15, 0.2) is 0 Å². The van der Waals surface area contributed by atoms with Crippen molar-refractivity contribution in [1.82, 2.24) is 20.1 Å². The van der Waals surface area contributed by atoms with Gasteiger partial charge in [0.25, 0.3) is 0 Å². The molecular formula is C16H16N4O3. The van der Waals surface area contributed by atoms with Gasteiger partial charge >= 0.3 is 5.76 Å². The Bertz CT molecular complexity index is 906. The molecule has 1 aromatic carbocycles. The Balaban J connectivity index is 1.97. The van der Waals surface area contributed by atoms with Crippen molar-refractivity contribution in [1.29, 1.82) is 0 Å². The largest absolute Gasteiger partial charge is 0.437 e. The maximum absolute atomic E-state index is 11.9. The molecule has 0 saturated carbocycles. The molecule has 7 heteroatoms. The molecule has 1 amide bonds. The first-order valence-corrected chi connectivity index (χ1v) is 7.26. The molecule has 3 aromatic rings. The van der Waals surface area contributed by atoms with Gasteiger partial charge in [0.1, 0.15) is 6.54 Å². The molecule has 3 rings (SSSR count). The van der Waals surface area contributed by atoms with Gasteiger partial charge in [-0.05, 0) is 32.0 Å². The highest BCUT2D eigenvalue weighted by molar-refractivity contribution is 5.92. The fourth-order valence-electron chi connectivity index (χ4n) is 2.31. The summed E-state index contributed by atoms with van der Waals surface area (Å²) in [5.41, 5.74) is 1.44. The number of carbonyl (C=O) groups is 1. The second kappa shape index (κ2) is 6.04. The van der Waals surface area contributed by atoms with Crippen LogP contribution in [0.1, 0.15) is 13.8 Å². The lowest BCUT2D eigenvalue weighted by Gasteiger charge is -2.06. The fraction of sp³-hybridized carbons (Fsp3) is 0.250. The van der Waals surface area contributed by atoms with Crippen LogP contribution in [0.4, 0.5) is 0 Å². The monoisotopic (exact) mass is 312 g/mol. The average Bonchev–Trinajstić information content (AvgIpc) is 2.86. The first kappa shape index (κ1) is 15.0. The normalized spacial score (nSPS) is 11.1. The zero-order valence-corrected chi connectivity index (χ0v) is 12.8. The van der Waals surface area contributed by atoms with Gasteiger partial charge in [0.2, 0.25) is 11.8 Å². The number of carbonyl (C=O) groups excluding carboxylic acids is 1. The topological polar surface area (TPSA) is 90.0 Å². The summed E-state index contributed by atoms with van der Waals surface area (Å²) in [6, 6.07) is 9.15. The lowest BCUT2D eigenvalue weighted by molar-refractivity contribution is -0.122. The molecule has 0 saturated heterocycles. The molecular weight excluding hydrogens is 296 g/mol. The number of hydrogen-bond donors (Lipinski definition) is 1. The van der Waals surface area contributed by atoms with Crippen LogP contribution in [0.5, 0.6) is 0 Å². The van der Waals surface area contributed by atoms with E-state index in [1.54, 1.807) is 18.3 Å². The van der Waals surface area contributed by atoms with Crippen molar-refractivity contribution in [3.8, 4) is 11.5 Å². The Morgan fingerprint density at radius 1 is 1.30 bits per heavy atom. The van der Waals surface area contributed by atoms with Gasteiger partial charge in [-0.2, -0.15) is 4.68 Å². The number of rotatable bonds is 4. The number of hydrogen-bond acceptors (Lipinski definition) is 5. The van der Waals surface area contributed by atoms with Gasteiger partial charge in [0.05, 0.1) is 5.52 Å². The predicted molar refractivity (Wildman–Crippen MR) is 84.8 cm³/mol. The molecule has 0 aliphatic rings. The van der Waals surface area contributed by atoms with Crippen molar-refractivity contribution >= 4 is 16.8 Å². The molecule has 7 nitrogen and oxygen atoms in total. The third-order valence-electron chi connectivity index (χ3n) is 3.23. The van der Waals surface area contributed by atoms with Crippen molar-refractivity contribution in [3.63, 3.8) is 0 Å². The van der Waals surface area contributed by atoms with E-state index in [0.29, 0.717) is 5.56 Å². The summed E-state index contributed by atoms with van der Waals surface area (Å²) in [5.74, 6) is -0.785. The fourth-order valence-corrected chi connectivity index (χ4v) is 2.31. The van der Waals surface area contributed by atoms with Crippen LogP contribution < -0.4 is 11.1 Å². The number of pyridine rings is 1. The third-order valence-corrected chi connectivity index (χ3v) is 3.23. The average molecular weight is 312 g/mol. The zero-order valence-electron chi connectivity index (χ0n) is 12.8. The summed E-state index contributed by atoms with van der Waals surface area (Å²) >= 11 is 0. The number of fused-ring (bicyclic) bond motifs is 1. The minimum absolute atomic E-state index is 0.00582. The van der Waals surface area contributed by atoms with Crippen molar-refractivity contribution in [3.05, 3.63) is 47.1 Å². The van der Waals surface area contributed by atoms with Crippen molar-refractivity contribution < 1.29 is 9.21 Å². The molecule has 0 aliphatic carbocycles. The number of benzene rings is 1. The standard InChI is InChI=1S/C16H16N4O3/c1-10(2)18-14(21)9-20-16(22)23-15(19-20)12-5-3-7-13-11(12)6-4-8-17-13/h3-8,10H,9H2,1-2H3,(H,18,21). The first-order valence-electron chi connectivity index (χ1n) is 7.26. The Morgan fingerprint density at radius 2 is 2.13 bits per heavy atom. The first-order chi connectivity index (χ1) is 11.0. The van der Waals surface area contributed by atoms with E-state index in [1.165, 1.54) is 0 Å². The number of nitrogens with zero attached hydrogens (tertiary/aromatic N) is 3. The van der Waals surface area contributed by atoms with E-state index in [-0.39, 0.29) is 24.4 Å². The maximum atomic E-state index is 11.9. The Labute approximate surface area is 131 Å². The molecule has 0 radical (unpaired) electrons. The van der Waals surface area contributed by atoms with Crippen LogP contribution >= 0.6 is 0 Å². The highest BCUT2D eigenvalue weighted by Crippen LogP contribution is 2.25. The van der Waals surface area contributed by atoms with Gasteiger partial charge in [0, 0.05) is 23.2 Å². The molecule has 0 bridgehead atoms. The van der Waals surface area contributed by atoms with Gasteiger partial charge in [-0.1, -0.05) is 12.1 Å². The number of amides is 1. The van der Waals surface area contributed by atoms with E-state index in [0.717, 1.165) is 15.6 Å². The molecule has 0 spiro atoms. The molecule has 2 heterocycles. The summed E-state index contributed by atoms with van der Waals surface area (Å²) in [5, 5.41) is 7.66. The van der Waals surface area contributed by atoms with Crippen LogP contribution in [-0.4, -0.2) is 26.7 Å².